The Morgan fingerprint density at radius 1 is 1.00 bits per heavy atom. The van der Waals surface area contributed by atoms with Crippen LogP contribution in [0.3, 0.4) is 0 Å². The molecule has 3 rings (SSSR count). The largest absolute Gasteiger partial charge is 0.267 e. The van der Waals surface area contributed by atoms with Crippen molar-refractivity contribution in [2.45, 2.75) is 33.1 Å². The highest BCUT2D eigenvalue weighted by molar-refractivity contribution is 6.02. The van der Waals surface area contributed by atoms with Crippen LogP contribution >= 0.6 is 0 Å². The normalized spacial score (nSPS) is 16.8. The van der Waals surface area contributed by atoms with E-state index in [1.54, 1.807) is 5.57 Å². The van der Waals surface area contributed by atoms with Gasteiger partial charge >= 0.3 is 0 Å². The molecule has 1 aliphatic rings. The molecule has 0 bridgehead atoms. The fourth-order valence-corrected chi connectivity index (χ4v) is 3.40. The molecule has 2 aromatic carbocycles. The van der Waals surface area contributed by atoms with Crippen molar-refractivity contribution in [1.82, 2.24) is 4.48 Å². The summed E-state index contributed by atoms with van der Waals surface area (Å²) in [7, 11) is 4.61. The molecule has 0 saturated heterocycles. The Bertz CT molecular complexity index is 692. The van der Waals surface area contributed by atoms with E-state index in [1.165, 1.54) is 47.0 Å². The van der Waals surface area contributed by atoms with Crippen molar-refractivity contribution in [1.29, 1.82) is 0 Å². The first-order chi connectivity index (χ1) is 9.57. The van der Waals surface area contributed by atoms with E-state index in [-0.39, 0.29) is 0 Å². The van der Waals surface area contributed by atoms with Gasteiger partial charge in [0.15, 0.2) is 0 Å². The van der Waals surface area contributed by atoms with E-state index in [4.69, 9.17) is 0 Å². The van der Waals surface area contributed by atoms with Gasteiger partial charge < -0.3 is 0 Å². The zero-order chi connectivity index (χ0) is 14.3. The maximum absolute atomic E-state index is 2.32. The molecule has 0 atom stereocenters. The first kappa shape index (κ1) is 13.4. The van der Waals surface area contributed by atoms with Crippen LogP contribution in [0.5, 0.6) is 0 Å². The summed E-state index contributed by atoms with van der Waals surface area (Å²) in [5.41, 5.74) is 6.03. The highest BCUT2D eigenvalue weighted by Gasteiger charge is 2.37. The summed E-state index contributed by atoms with van der Waals surface area (Å²) in [5.74, 6) is 0. The van der Waals surface area contributed by atoms with Crippen LogP contribution in [0, 0.1) is 0 Å². The summed E-state index contributed by atoms with van der Waals surface area (Å²) in [6, 6.07) is 13.4. The summed E-state index contributed by atoms with van der Waals surface area (Å²) in [5, 5.41) is 2.77. The number of unbranched alkanes of at least 4 members (excludes halogenated alkanes) is 1. The Balaban J connectivity index is 2.29. The number of benzene rings is 2. The molecular formula is C19H24N+. The Morgan fingerprint density at radius 2 is 1.75 bits per heavy atom. The lowest BCUT2D eigenvalue weighted by Crippen LogP contribution is -2.36. The third-order valence-corrected chi connectivity index (χ3v) is 4.87. The number of hydrogen-bond acceptors (Lipinski definition) is 0. The van der Waals surface area contributed by atoms with Gasteiger partial charge in [0.1, 0.15) is 11.4 Å². The van der Waals surface area contributed by atoms with Crippen LogP contribution in [0.4, 0.5) is 5.69 Å². The Kier molecular flexibility index (Phi) is 3.18. The number of hydrogen-bond donors (Lipinski definition) is 0. The van der Waals surface area contributed by atoms with E-state index in [0.29, 0.717) is 0 Å². The van der Waals surface area contributed by atoms with Gasteiger partial charge in [-0.15, -0.1) is 0 Å². The van der Waals surface area contributed by atoms with E-state index in [1.807, 2.05) is 0 Å². The van der Waals surface area contributed by atoms with Gasteiger partial charge in [0.05, 0.1) is 19.7 Å². The molecule has 0 radical (unpaired) electrons. The highest BCUT2D eigenvalue weighted by atomic mass is 15.3. The number of nitrogens with zero attached hydrogens (tertiary/aromatic N) is 1. The third kappa shape index (κ3) is 1.81. The summed E-state index contributed by atoms with van der Waals surface area (Å²) >= 11 is 0. The highest BCUT2D eigenvalue weighted by Crippen LogP contribution is 2.47. The summed E-state index contributed by atoms with van der Waals surface area (Å²) in [6.45, 7) is 4.58. The first-order valence-electron chi connectivity index (χ1n) is 7.64. The second-order valence-electron chi connectivity index (χ2n) is 6.30. The Hall–Kier alpha value is -1.60. The summed E-state index contributed by atoms with van der Waals surface area (Å²) < 4.78 is 0.902. The molecule has 1 nitrogen and oxygen atoms in total. The molecule has 104 valence electrons. The zero-order valence-electron chi connectivity index (χ0n) is 13.0. The predicted octanol–water partition coefficient (Wildman–Crippen LogP) is 5.34. The molecule has 0 unspecified atom stereocenters. The van der Waals surface area contributed by atoms with Gasteiger partial charge in [0, 0.05) is 18.6 Å². The second-order valence-corrected chi connectivity index (χ2v) is 6.30. The summed E-state index contributed by atoms with van der Waals surface area (Å²) in [4.78, 5) is 0. The zero-order valence-corrected chi connectivity index (χ0v) is 13.0. The molecule has 0 fully saturated rings. The number of allylic oxidation sites excluding steroid dienone is 2. The molecule has 1 aliphatic heterocycles. The fourth-order valence-electron chi connectivity index (χ4n) is 3.40. The summed E-state index contributed by atoms with van der Waals surface area (Å²) in [6.07, 6.45) is 3.73. The SMILES string of the molecule is CCCCC1=C(C)[N+](C)(C)c2ccc3ccccc3c21. The molecule has 0 amide bonds. The first-order valence-corrected chi connectivity index (χ1v) is 7.64. The van der Waals surface area contributed by atoms with Crippen molar-refractivity contribution in [3.63, 3.8) is 0 Å². The third-order valence-electron chi connectivity index (χ3n) is 4.87. The molecule has 1 heteroatoms. The van der Waals surface area contributed by atoms with Crippen molar-refractivity contribution in [2.24, 2.45) is 0 Å². The molecular weight excluding hydrogens is 242 g/mol. The Labute approximate surface area is 122 Å². The van der Waals surface area contributed by atoms with Gasteiger partial charge in [-0.1, -0.05) is 37.6 Å². The number of quaternary nitrogens is 1. The molecule has 0 saturated carbocycles. The smallest absolute Gasteiger partial charge is 0.145 e. The second kappa shape index (κ2) is 4.75. The topological polar surface area (TPSA) is 0 Å². The number of rotatable bonds is 3. The van der Waals surface area contributed by atoms with E-state index in [9.17, 15) is 0 Å². The van der Waals surface area contributed by atoms with Crippen LogP contribution in [0.15, 0.2) is 42.1 Å². The fraction of sp³-hybridized carbons (Fsp3) is 0.368. The van der Waals surface area contributed by atoms with Gasteiger partial charge in [-0.05, 0) is 29.7 Å². The molecule has 1 heterocycles. The average Bonchev–Trinajstić information content (AvgIpc) is 2.65. The van der Waals surface area contributed by atoms with Gasteiger partial charge in [-0.25, -0.2) is 0 Å². The lowest BCUT2D eigenvalue weighted by Gasteiger charge is -2.26. The van der Waals surface area contributed by atoms with E-state index in [0.717, 1.165) is 4.48 Å². The van der Waals surface area contributed by atoms with E-state index < -0.39 is 0 Å². The maximum atomic E-state index is 2.32. The van der Waals surface area contributed by atoms with Crippen LogP contribution in [0.1, 0.15) is 38.7 Å². The molecule has 0 aromatic heterocycles. The lowest BCUT2D eigenvalue weighted by atomic mass is 9.95. The van der Waals surface area contributed by atoms with Gasteiger partial charge in [0.25, 0.3) is 0 Å². The van der Waals surface area contributed by atoms with Crippen LogP contribution in [0.25, 0.3) is 16.3 Å². The van der Waals surface area contributed by atoms with Crippen molar-refractivity contribution in [2.75, 3.05) is 14.1 Å². The predicted molar refractivity (Wildman–Crippen MR) is 89.7 cm³/mol. The van der Waals surface area contributed by atoms with E-state index in [2.05, 4.69) is 64.3 Å². The molecule has 0 aliphatic carbocycles. The average molecular weight is 266 g/mol. The standard InChI is InChI=1S/C19H24N/c1-5-6-10-16-14(2)20(3,4)18-13-12-15-9-7-8-11-17(15)19(16)18/h7-9,11-13H,5-6,10H2,1-4H3/q+1. The van der Waals surface area contributed by atoms with Gasteiger partial charge in [0.2, 0.25) is 0 Å². The van der Waals surface area contributed by atoms with Gasteiger partial charge in [-0.3, -0.25) is 4.48 Å². The lowest BCUT2D eigenvalue weighted by molar-refractivity contribution is 0.506. The van der Waals surface area contributed by atoms with Crippen LogP contribution in [0.2, 0.25) is 0 Å². The minimum atomic E-state index is 0.902. The van der Waals surface area contributed by atoms with Crippen molar-refractivity contribution < 1.29 is 0 Å². The van der Waals surface area contributed by atoms with Crippen molar-refractivity contribution in [3.8, 4) is 0 Å². The Morgan fingerprint density at radius 3 is 2.50 bits per heavy atom. The minimum absolute atomic E-state index is 0.902. The molecule has 20 heavy (non-hydrogen) atoms. The van der Waals surface area contributed by atoms with Crippen LogP contribution in [-0.2, 0) is 0 Å². The van der Waals surface area contributed by atoms with E-state index >= 15 is 0 Å². The van der Waals surface area contributed by atoms with Gasteiger partial charge in [-0.2, -0.15) is 0 Å². The number of fused-ring (bicyclic) bond motifs is 3. The molecule has 0 N–H and O–H groups in total. The maximum Gasteiger partial charge on any atom is 0.145 e. The van der Waals surface area contributed by atoms with Crippen LogP contribution < -0.4 is 4.48 Å². The van der Waals surface area contributed by atoms with Crippen molar-refractivity contribution in [3.05, 3.63) is 47.7 Å². The van der Waals surface area contributed by atoms with Crippen LogP contribution in [-0.4, -0.2) is 14.1 Å². The molecule has 2 aromatic rings. The van der Waals surface area contributed by atoms with Crippen molar-refractivity contribution >= 4 is 22.0 Å². The molecule has 0 spiro atoms. The quantitative estimate of drug-likeness (QED) is 0.658. The minimum Gasteiger partial charge on any atom is -0.267 e. The monoisotopic (exact) mass is 266 g/mol.